The molecule has 0 bridgehead atoms. The van der Waals surface area contributed by atoms with Gasteiger partial charge in [0.2, 0.25) is 0 Å². The number of carbonyl (C=O) groups is 1. The lowest BCUT2D eigenvalue weighted by atomic mass is 10.1. The van der Waals surface area contributed by atoms with Crippen LogP contribution in [-0.2, 0) is 4.74 Å². The molecule has 0 spiro atoms. The van der Waals surface area contributed by atoms with Gasteiger partial charge in [-0.05, 0) is 36.8 Å². The Morgan fingerprint density at radius 3 is 2.90 bits per heavy atom. The molecule has 0 saturated carbocycles. The number of hydrogen-bond acceptors (Lipinski definition) is 3. The van der Waals surface area contributed by atoms with E-state index in [0.717, 1.165) is 5.56 Å². The number of carbonyl (C=O) groups excluding carboxylic acids is 1. The van der Waals surface area contributed by atoms with Gasteiger partial charge in [-0.2, -0.15) is 0 Å². The maximum absolute atomic E-state index is 12.5. The van der Waals surface area contributed by atoms with E-state index in [1.54, 1.807) is 17.0 Å². The molecule has 1 saturated heterocycles. The van der Waals surface area contributed by atoms with Gasteiger partial charge in [-0.1, -0.05) is 23.7 Å². The molecule has 4 nitrogen and oxygen atoms in total. The summed E-state index contributed by atoms with van der Waals surface area (Å²) in [6, 6.07) is 10.9. The first-order valence-corrected chi connectivity index (χ1v) is 7.24. The fourth-order valence-corrected chi connectivity index (χ4v) is 2.69. The van der Waals surface area contributed by atoms with E-state index in [1.165, 1.54) is 6.26 Å². The van der Waals surface area contributed by atoms with Crippen LogP contribution in [0.1, 0.15) is 29.1 Å². The molecule has 0 unspecified atom stereocenters. The van der Waals surface area contributed by atoms with Crippen LogP contribution in [0, 0.1) is 0 Å². The second-order valence-corrected chi connectivity index (χ2v) is 5.60. The average Bonchev–Trinajstić information content (AvgIpc) is 3.01. The normalized spacial score (nSPS) is 22.3. The van der Waals surface area contributed by atoms with Crippen molar-refractivity contribution in [3.05, 3.63) is 59.0 Å². The average molecular weight is 306 g/mol. The summed E-state index contributed by atoms with van der Waals surface area (Å²) in [5, 5.41) is 0.665. The number of morpholine rings is 1. The number of benzene rings is 1. The van der Waals surface area contributed by atoms with Gasteiger partial charge in [0.05, 0.1) is 25.5 Å². The summed E-state index contributed by atoms with van der Waals surface area (Å²) in [6.45, 7) is 2.94. The highest BCUT2D eigenvalue weighted by atomic mass is 35.5. The van der Waals surface area contributed by atoms with Gasteiger partial charge < -0.3 is 14.1 Å². The Labute approximate surface area is 128 Å². The van der Waals surface area contributed by atoms with Gasteiger partial charge in [0, 0.05) is 5.02 Å². The van der Waals surface area contributed by atoms with Crippen LogP contribution in [0.25, 0.3) is 0 Å². The first-order chi connectivity index (χ1) is 10.1. The van der Waals surface area contributed by atoms with Gasteiger partial charge >= 0.3 is 0 Å². The number of furan rings is 1. The van der Waals surface area contributed by atoms with Crippen molar-refractivity contribution in [1.29, 1.82) is 0 Å². The Morgan fingerprint density at radius 2 is 2.19 bits per heavy atom. The lowest BCUT2D eigenvalue weighted by Crippen LogP contribution is -2.48. The van der Waals surface area contributed by atoms with Crippen molar-refractivity contribution in [2.45, 2.75) is 19.1 Å². The quantitative estimate of drug-likeness (QED) is 0.852. The van der Waals surface area contributed by atoms with Crippen LogP contribution in [-0.4, -0.2) is 30.0 Å². The highest BCUT2D eigenvalue weighted by molar-refractivity contribution is 6.30. The molecular formula is C16H16ClNO3. The van der Waals surface area contributed by atoms with E-state index >= 15 is 0 Å². The minimum Gasteiger partial charge on any atom is -0.459 e. The molecule has 2 aromatic rings. The minimum atomic E-state index is -0.168. The molecule has 0 radical (unpaired) electrons. The summed E-state index contributed by atoms with van der Waals surface area (Å²) in [5.74, 6) is 0.247. The van der Waals surface area contributed by atoms with Crippen LogP contribution in [0.15, 0.2) is 47.1 Å². The third-order valence-corrected chi connectivity index (χ3v) is 3.88. The summed E-state index contributed by atoms with van der Waals surface area (Å²) < 4.78 is 11.0. The molecule has 1 aliphatic heterocycles. The molecule has 0 N–H and O–H groups in total. The lowest BCUT2D eigenvalue weighted by Gasteiger charge is -2.37. The molecule has 5 heteroatoms. The number of nitrogens with zero attached hydrogens (tertiary/aromatic N) is 1. The molecule has 1 aromatic heterocycles. The van der Waals surface area contributed by atoms with Crippen molar-refractivity contribution >= 4 is 17.5 Å². The predicted molar refractivity (Wildman–Crippen MR) is 79.4 cm³/mol. The molecular weight excluding hydrogens is 290 g/mol. The topological polar surface area (TPSA) is 42.7 Å². The van der Waals surface area contributed by atoms with Gasteiger partial charge in [-0.3, -0.25) is 4.79 Å². The number of hydrogen-bond donors (Lipinski definition) is 0. The highest BCUT2D eigenvalue weighted by Crippen LogP contribution is 2.27. The van der Waals surface area contributed by atoms with Crippen LogP contribution >= 0.6 is 11.6 Å². The summed E-state index contributed by atoms with van der Waals surface area (Å²) in [4.78, 5) is 14.3. The van der Waals surface area contributed by atoms with Gasteiger partial charge in [0.1, 0.15) is 6.10 Å². The largest absolute Gasteiger partial charge is 0.459 e. The third kappa shape index (κ3) is 2.96. The van der Waals surface area contributed by atoms with Crippen molar-refractivity contribution < 1.29 is 13.9 Å². The van der Waals surface area contributed by atoms with E-state index in [-0.39, 0.29) is 18.1 Å². The van der Waals surface area contributed by atoms with Crippen molar-refractivity contribution in [3.63, 3.8) is 0 Å². The SMILES string of the molecule is C[C@@H]1CO[C@H](c2cccc(Cl)c2)CN1C(=O)c1ccco1. The number of rotatable bonds is 2. The second-order valence-electron chi connectivity index (χ2n) is 5.16. The smallest absolute Gasteiger partial charge is 0.289 e. The molecule has 3 rings (SSSR count). The summed E-state index contributed by atoms with van der Waals surface area (Å²) in [6.07, 6.45) is 1.34. The maximum atomic E-state index is 12.5. The predicted octanol–water partition coefficient (Wildman–Crippen LogP) is 3.54. The van der Waals surface area contributed by atoms with Gasteiger partial charge in [-0.15, -0.1) is 0 Å². The van der Waals surface area contributed by atoms with Crippen LogP contribution in [0.3, 0.4) is 0 Å². The van der Waals surface area contributed by atoms with E-state index in [9.17, 15) is 4.79 Å². The Morgan fingerprint density at radius 1 is 1.33 bits per heavy atom. The van der Waals surface area contributed by atoms with Crippen LogP contribution in [0.4, 0.5) is 0 Å². The summed E-state index contributed by atoms with van der Waals surface area (Å²) >= 11 is 6.02. The van der Waals surface area contributed by atoms with Gasteiger partial charge in [-0.25, -0.2) is 0 Å². The fourth-order valence-electron chi connectivity index (χ4n) is 2.49. The van der Waals surface area contributed by atoms with Crippen molar-refractivity contribution in [2.75, 3.05) is 13.2 Å². The molecule has 1 aromatic carbocycles. The van der Waals surface area contributed by atoms with Crippen LogP contribution in [0.2, 0.25) is 5.02 Å². The monoisotopic (exact) mass is 305 g/mol. The Hall–Kier alpha value is -1.78. The van der Waals surface area contributed by atoms with Crippen molar-refractivity contribution in [2.24, 2.45) is 0 Å². The first-order valence-electron chi connectivity index (χ1n) is 6.86. The van der Waals surface area contributed by atoms with Crippen LogP contribution in [0.5, 0.6) is 0 Å². The summed E-state index contributed by atoms with van der Waals surface area (Å²) in [7, 11) is 0. The van der Waals surface area contributed by atoms with E-state index in [0.29, 0.717) is 23.9 Å². The molecule has 1 aliphatic rings. The Balaban J connectivity index is 1.80. The van der Waals surface area contributed by atoms with Crippen LogP contribution < -0.4 is 0 Å². The van der Waals surface area contributed by atoms with E-state index in [2.05, 4.69) is 0 Å². The summed E-state index contributed by atoms with van der Waals surface area (Å²) in [5.41, 5.74) is 0.978. The fraction of sp³-hybridized carbons (Fsp3) is 0.312. The van der Waals surface area contributed by atoms with E-state index in [1.807, 2.05) is 31.2 Å². The number of halogens is 1. The molecule has 110 valence electrons. The molecule has 0 aliphatic carbocycles. The number of ether oxygens (including phenoxy) is 1. The second kappa shape index (κ2) is 5.92. The van der Waals surface area contributed by atoms with Crippen molar-refractivity contribution in [3.8, 4) is 0 Å². The maximum Gasteiger partial charge on any atom is 0.289 e. The molecule has 1 fully saturated rings. The van der Waals surface area contributed by atoms with Gasteiger partial charge in [0.25, 0.3) is 5.91 Å². The standard InChI is InChI=1S/C16H16ClNO3/c1-11-10-21-15(12-4-2-5-13(17)8-12)9-18(11)16(19)14-6-3-7-20-14/h2-8,11,15H,9-10H2,1H3/t11-,15+/m1/s1. The molecule has 21 heavy (non-hydrogen) atoms. The third-order valence-electron chi connectivity index (χ3n) is 3.65. The lowest BCUT2D eigenvalue weighted by molar-refractivity contribution is -0.0495. The van der Waals surface area contributed by atoms with Crippen molar-refractivity contribution in [1.82, 2.24) is 4.90 Å². The zero-order valence-corrected chi connectivity index (χ0v) is 12.4. The van der Waals surface area contributed by atoms with E-state index in [4.69, 9.17) is 20.8 Å². The zero-order valence-electron chi connectivity index (χ0n) is 11.7. The number of amides is 1. The molecule has 2 heterocycles. The zero-order chi connectivity index (χ0) is 14.8. The highest BCUT2D eigenvalue weighted by Gasteiger charge is 2.32. The minimum absolute atomic E-state index is 0.0121. The van der Waals surface area contributed by atoms with E-state index < -0.39 is 0 Å². The molecule has 2 atom stereocenters. The Bertz CT molecular complexity index is 626. The van der Waals surface area contributed by atoms with Gasteiger partial charge in [0.15, 0.2) is 5.76 Å². The first kappa shape index (κ1) is 14.2. The molecule has 1 amide bonds. The Kier molecular flexibility index (Phi) is 3.99.